The standard InChI is InChI=1S/C30H34F3N7O3/c1-17-14-34-15-18(2)39(17)26-24-25(36-29(37-26)43-16-20-9-7-11-38(20)3)27(41)40(28(35-24)30(31,32)33)23-13-21(42-4)12-19-8-5-6-10-22(19)23/h5-6,8,10,12-13,17-18,20,34H,7,9,11,14-16H2,1-4H3/t17-,18-,20-/m0/s1. The summed E-state index contributed by atoms with van der Waals surface area (Å²) in [4.78, 5) is 31.5. The van der Waals surface area contributed by atoms with Gasteiger partial charge in [-0.15, -0.1) is 0 Å². The van der Waals surface area contributed by atoms with Gasteiger partial charge in [0.25, 0.3) is 5.56 Å². The fraction of sp³-hybridized carbons (Fsp3) is 0.467. The van der Waals surface area contributed by atoms with Gasteiger partial charge < -0.3 is 24.6 Å². The third-order valence-corrected chi connectivity index (χ3v) is 8.37. The highest BCUT2D eigenvalue weighted by Crippen LogP contribution is 2.36. The lowest BCUT2D eigenvalue weighted by molar-refractivity contribution is -0.146. The lowest BCUT2D eigenvalue weighted by Gasteiger charge is -2.40. The molecule has 0 spiro atoms. The van der Waals surface area contributed by atoms with Gasteiger partial charge in [-0.25, -0.2) is 4.98 Å². The van der Waals surface area contributed by atoms with Crippen molar-refractivity contribution in [3.05, 3.63) is 52.6 Å². The number of likely N-dealkylation sites (tertiary alicyclic amines) is 1. The summed E-state index contributed by atoms with van der Waals surface area (Å²) in [5.74, 6) is -0.929. The number of nitrogens with zero attached hydrogens (tertiary/aromatic N) is 6. The fourth-order valence-corrected chi connectivity index (χ4v) is 6.17. The topological polar surface area (TPSA) is 97.6 Å². The van der Waals surface area contributed by atoms with E-state index in [0.29, 0.717) is 34.2 Å². The summed E-state index contributed by atoms with van der Waals surface area (Å²) >= 11 is 0. The Morgan fingerprint density at radius 3 is 2.47 bits per heavy atom. The smallest absolute Gasteiger partial charge is 0.450 e. The molecule has 4 heterocycles. The van der Waals surface area contributed by atoms with Crippen molar-refractivity contribution < 1.29 is 22.6 Å². The zero-order chi connectivity index (χ0) is 30.5. The lowest BCUT2D eigenvalue weighted by Crippen LogP contribution is -2.55. The molecule has 10 nitrogen and oxygen atoms in total. The molecule has 6 rings (SSSR count). The van der Waals surface area contributed by atoms with Crippen molar-refractivity contribution in [2.45, 2.75) is 51.0 Å². The van der Waals surface area contributed by atoms with E-state index in [1.807, 2.05) is 25.8 Å². The van der Waals surface area contributed by atoms with Crippen LogP contribution in [0.25, 0.3) is 27.5 Å². The molecule has 0 bridgehead atoms. The van der Waals surface area contributed by atoms with E-state index in [9.17, 15) is 18.0 Å². The highest BCUT2D eigenvalue weighted by molar-refractivity contribution is 5.93. The van der Waals surface area contributed by atoms with Gasteiger partial charge in [0.1, 0.15) is 17.9 Å². The van der Waals surface area contributed by atoms with Crippen LogP contribution in [-0.4, -0.2) is 82.9 Å². The van der Waals surface area contributed by atoms with Gasteiger partial charge in [0.15, 0.2) is 11.3 Å². The number of ether oxygens (including phenoxy) is 2. The summed E-state index contributed by atoms with van der Waals surface area (Å²) in [6.45, 7) is 6.28. The molecule has 3 atom stereocenters. The van der Waals surface area contributed by atoms with Crippen LogP contribution >= 0.6 is 0 Å². The van der Waals surface area contributed by atoms with Crippen LogP contribution in [0.4, 0.5) is 19.0 Å². The largest absolute Gasteiger partial charge is 0.497 e. The molecule has 2 aliphatic heterocycles. The molecule has 0 radical (unpaired) electrons. The Balaban J connectivity index is 1.64. The highest BCUT2D eigenvalue weighted by Gasteiger charge is 2.40. The zero-order valence-electron chi connectivity index (χ0n) is 24.5. The fourth-order valence-electron chi connectivity index (χ4n) is 6.17. The van der Waals surface area contributed by atoms with Crippen LogP contribution in [-0.2, 0) is 6.18 Å². The molecule has 43 heavy (non-hydrogen) atoms. The molecular formula is C30H34F3N7O3. The van der Waals surface area contributed by atoms with E-state index in [-0.39, 0.29) is 53.3 Å². The maximum atomic E-state index is 14.8. The molecule has 2 saturated heterocycles. The van der Waals surface area contributed by atoms with Crippen LogP contribution in [0.15, 0.2) is 41.2 Å². The number of nitrogens with one attached hydrogen (secondary N) is 1. The van der Waals surface area contributed by atoms with Gasteiger partial charge >= 0.3 is 12.2 Å². The summed E-state index contributed by atoms with van der Waals surface area (Å²) in [5, 5.41) is 4.35. The molecule has 13 heteroatoms. The molecule has 0 unspecified atom stereocenters. The Morgan fingerprint density at radius 2 is 1.79 bits per heavy atom. The number of rotatable bonds is 6. The number of methoxy groups -OCH3 is 1. The number of aromatic nitrogens is 4. The first-order valence-corrected chi connectivity index (χ1v) is 14.4. The van der Waals surface area contributed by atoms with Crippen molar-refractivity contribution in [2.24, 2.45) is 0 Å². The summed E-state index contributed by atoms with van der Waals surface area (Å²) < 4.78 is 56.5. The first kappa shape index (κ1) is 29.1. The van der Waals surface area contributed by atoms with E-state index in [1.165, 1.54) is 13.2 Å². The van der Waals surface area contributed by atoms with Crippen LogP contribution in [0.2, 0.25) is 0 Å². The predicted octanol–water partition coefficient (Wildman–Crippen LogP) is 4.02. The molecule has 4 aromatic rings. The SMILES string of the molecule is COc1cc(-n2c(C(F)(F)F)nc3c(N4[C@@H](C)CNC[C@@H]4C)nc(OC[C@@H]4CCCN4C)nc3c2=O)c2ccccc2c1. The minimum atomic E-state index is -4.97. The second-order valence-electron chi connectivity index (χ2n) is 11.3. The first-order chi connectivity index (χ1) is 20.6. The number of alkyl halides is 3. The van der Waals surface area contributed by atoms with Crippen LogP contribution in [0, 0.1) is 0 Å². The molecule has 228 valence electrons. The zero-order valence-corrected chi connectivity index (χ0v) is 24.5. The van der Waals surface area contributed by atoms with E-state index in [4.69, 9.17) is 9.47 Å². The third kappa shape index (κ3) is 5.35. The van der Waals surface area contributed by atoms with E-state index < -0.39 is 17.6 Å². The average Bonchev–Trinajstić information content (AvgIpc) is 3.39. The molecule has 2 aliphatic rings. The number of anilines is 1. The first-order valence-electron chi connectivity index (χ1n) is 14.4. The summed E-state index contributed by atoms with van der Waals surface area (Å²) in [7, 11) is 3.43. The van der Waals surface area contributed by atoms with Crippen LogP contribution in [0.3, 0.4) is 0 Å². The minimum absolute atomic E-state index is 0.0132. The molecular weight excluding hydrogens is 563 g/mol. The average molecular weight is 598 g/mol. The summed E-state index contributed by atoms with van der Waals surface area (Å²) in [6, 6.07) is 9.76. The second-order valence-corrected chi connectivity index (χ2v) is 11.3. The molecule has 0 aliphatic carbocycles. The molecule has 0 saturated carbocycles. The molecule has 2 aromatic carbocycles. The van der Waals surface area contributed by atoms with Gasteiger partial charge in [0, 0.05) is 42.7 Å². The van der Waals surface area contributed by atoms with Crippen molar-refractivity contribution in [1.82, 2.24) is 29.7 Å². The summed E-state index contributed by atoms with van der Waals surface area (Å²) in [6.07, 6.45) is -3.00. The number of hydrogen-bond acceptors (Lipinski definition) is 9. The number of likely N-dealkylation sites (N-methyl/N-ethyl adjacent to an activating group) is 1. The maximum Gasteiger partial charge on any atom is 0.450 e. The number of halogens is 3. The Hall–Kier alpha value is -3.97. The van der Waals surface area contributed by atoms with Gasteiger partial charge in [-0.3, -0.25) is 9.36 Å². The van der Waals surface area contributed by atoms with E-state index in [2.05, 4.69) is 25.2 Å². The molecule has 1 N–H and O–H groups in total. The highest BCUT2D eigenvalue weighted by atomic mass is 19.4. The molecule has 0 amide bonds. The Labute approximate surface area is 246 Å². The van der Waals surface area contributed by atoms with Gasteiger partial charge in [-0.2, -0.15) is 23.1 Å². The molecule has 2 aromatic heterocycles. The number of piperazine rings is 1. The van der Waals surface area contributed by atoms with Crippen LogP contribution in [0.1, 0.15) is 32.5 Å². The van der Waals surface area contributed by atoms with Gasteiger partial charge in [-0.1, -0.05) is 24.3 Å². The second kappa shape index (κ2) is 11.3. The van der Waals surface area contributed by atoms with Crippen LogP contribution < -0.4 is 25.2 Å². The number of hydrogen-bond donors (Lipinski definition) is 1. The normalized spacial score (nSPS) is 21.6. The maximum absolute atomic E-state index is 14.8. The Kier molecular flexibility index (Phi) is 7.63. The quantitative estimate of drug-likeness (QED) is 0.354. The number of fused-ring (bicyclic) bond motifs is 2. The molecule has 2 fully saturated rings. The summed E-state index contributed by atoms with van der Waals surface area (Å²) in [5.41, 5.74) is -1.46. The Morgan fingerprint density at radius 1 is 1.05 bits per heavy atom. The van der Waals surface area contributed by atoms with Gasteiger partial charge in [-0.05, 0) is 51.7 Å². The van der Waals surface area contributed by atoms with Crippen molar-refractivity contribution >= 4 is 27.6 Å². The van der Waals surface area contributed by atoms with Crippen molar-refractivity contribution in [2.75, 3.05) is 45.3 Å². The third-order valence-electron chi connectivity index (χ3n) is 8.37. The van der Waals surface area contributed by atoms with E-state index in [0.717, 1.165) is 19.4 Å². The van der Waals surface area contributed by atoms with Crippen molar-refractivity contribution in [3.8, 4) is 17.4 Å². The van der Waals surface area contributed by atoms with Crippen molar-refractivity contribution in [3.63, 3.8) is 0 Å². The number of benzene rings is 2. The predicted molar refractivity (Wildman–Crippen MR) is 157 cm³/mol. The van der Waals surface area contributed by atoms with Crippen LogP contribution in [0.5, 0.6) is 11.8 Å². The Bertz CT molecular complexity index is 1720. The monoisotopic (exact) mass is 597 g/mol. The lowest BCUT2D eigenvalue weighted by atomic mass is 10.1. The van der Waals surface area contributed by atoms with Gasteiger partial charge in [0.05, 0.1) is 12.8 Å². The van der Waals surface area contributed by atoms with E-state index in [1.54, 1.807) is 30.3 Å². The van der Waals surface area contributed by atoms with Gasteiger partial charge in [0.2, 0.25) is 5.82 Å². The van der Waals surface area contributed by atoms with Crippen molar-refractivity contribution in [1.29, 1.82) is 0 Å². The van der Waals surface area contributed by atoms with E-state index >= 15 is 0 Å². The minimum Gasteiger partial charge on any atom is -0.497 e.